The SMILES string of the molecule is CCC(C)NC(=O)c1ccc(NC(=O)N(C)CCC(=O)O)cc1. The summed E-state index contributed by atoms with van der Waals surface area (Å²) < 4.78 is 0. The number of nitrogens with one attached hydrogen (secondary N) is 2. The number of nitrogens with zero attached hydrogens (tertiary/aromatic N) is 1. The lowest BCUT2D eigenvalue weighted by molar-refractivity contribution is -0.137. The molecule has 0 bridgehead atoms. The van der Waals surface area contributed by atoms with Gasteiger partial charge < -0.3 is 20.6 Å². The number of hydrogen-bond acceptors (Lipinski definition) is 3. The Balaban J connectivity index is 2.58. The molecule has 1 unspecified atom stereocenters. The van der Waals surface area contributed by atoms with Crippen LogP contribution in [0.4, 0.5) is 10.5 Å². The van der Waals surface area contributed by atoms with Crippen molar-refractivity contribution < 1.29 is 19.5 Å². The summed E-state index contributed by atoms with van der Waals surface area (Å²) in [6, 6.07) is 6.23. The summed E-state index contributed by atoms with van der Waals surface area (Å²) in [6.45, 7) is 4.04. The van der Waals surface area contributed by atoms with Crippen LogP contribution in [0.5, 0.6) is 0 Å². The molecule has 0 aliphatic heterocycles. The normalized spacial score (nSPS) is 11.4. The standard InChI is InChI=1S/C16H23N3O4/c1-4-11(2)17-15(22)12-5-7-13(8-6-12)18-16(23)19(3)10-9-14(20)21/h5-8,11H,4,9-10H2,1-3H3,(H,17,22)(H,18,23)(H,20,21). The number of aliphatic carboxylic acids is 1. The monoisotopic (exact) mass is 321 g/mol. The van der Waals surface area contributed by atoms with E-state index in [0.717, 1.165) is 6.42 Å². The zero-order valence-corrected chi connectivity index (χ0v) is 13.6. The molecule has 3 N–H and O–H groups in total. The lowest BCUT2D eigenvalue weighted by Gasteiger charge is -2.17. The van der Waals surface area contributed by atoms with Crippen molar-refractivity contribution in [1.29, 1.82) is 0 Å². The van der Waals surface area contributed by atoms with Crippen LogP contribution in [0, 0.1) is 0 Å². The highest BCUT2D eigenvalue weighted by Crippen LogP contribution is 2.11. The number of benzene rings is 1. The fourth-order valence-electron chi connectivity index (χ4n) is 1.70. The van der Waals surface area contributed by atoms with E-state index in [1.54, 1.807) is 24.3 Å². The van der Waals surface area contributed by atoms with Crippen molar-refractivity contribution in [2.75, 3.05) is 18.9 Å². The Bertz CT molecular complexity index is 557. The highest BCUT2D eigenvalue weighted by Gasteiger charge is 2.11. The van der Waals surface area contributed by atoms with Gasteiger partial charge in [-0.05, 0) is 37.6 Å². The first kappa shape index (κ1) is 18.5. The summed E-state index contributed by atoms with van der Waals surface area (Å²) in [5.74, 6) is -1.11. The molecule has 0 spiro atoms. The first-order valence-electron chi connectivity index (χ1n) is 7.48. The van der Waals surface area contributed by atoms with Crippen LogP contribution in [-0.2, 0) is 4.79 Å². The molecule has 0 saturated carbocycles. The van der Waals surface area contributed by atoms with Crippen LogP contribution in [0.15, 0.2) is 24.3 Å². The van der Waals surface area contributed by atoms with Crippen LogP contribution in [0.2, 0.25) is 0 Å². The van der Waals surface area contributed by atoms with Crippen molar-refractivity contribution in [3.8, 4) is 0 Å². The summed E-state index contributed by atoms with van der Waals surface area (Å²) in [6.07, 6.45) is 0.737. The second-order valence-corrected chi connectivity index (χ2v) is 5.36. The van der Waals surface area contributed by atoms with E-state index >= 15 is 0 Å². The predicted molar refractivity (Wildman–Crippen MR) is 87.6 cm³/mol. The quantitative estimate of drug-likeness (QED) is 0.716. The minimum Gasteiger partial charge on any atom is -0.481 e. The van der Waals surface area contributed by atoms with Gasteiger partial charge in [0.15, 0.2) is 0 Å². The molecule has 0 radical (unpaired) electrons. The molecule has 0 saturated heterocycles. The van der Waals surface area contributed by atoms with E-state index in [2.05, 4.69) is 10.6 Å². The molecule has 1 aromatic carbocycles. The minimum absolute atomic E-state index is 0.102. The Labute approximate surface area is 135 Å². The molecule has 0 aliphatic rings. The highest BCUT2D eigenvalue weighted by atomic mass is 16.4. The van der Waals surface area contributed by atoms with Gasteiger partial charge in [-0.1, -0.05) is 6.92 Å². The van der Waals surface area contributed by atoms with Gasteiger partial charge in [0, 0.05) is 30.9 Å². The number of hydrogen-bond donors (Lipinski definition) is 3. The number of amides is 3. The lowest BCUT2D eigenvalue weighted by Crippen LogP contribution is -2.33. The van der Waals surface area contributed by atoms with Crippen LogP contribution < -0.4 is 10.6 Å². The molecule has 0 fully saturated rings. The van der Waals surface area contributed by atoms with E-state index in [9.17, 15) is 14.4 Å². The van der Waals surface area contributed by atoms with E-state index < -0.39 is 12.0 Å². The maximum atomic E-state index is 11.9. The molecule has 23 heavy (non-hydrogen) atoms. The molecule has 1 aromatic rings. The van der Waals surface area contributed by atoms with Gasteiger partial charge in [-0.15, -0.1) is 0 Å². The minimum atomic E-state index is -0.957. The summed E-state index contributed by atoms with van der Waals surface area (Å²) >= 11 is 0. The van der Waals surface area contributed by atoms with Crippen LogP contribution in [0.25, 0.3) is 0 Å². The Kier molecular flexibility index (Phi) is 7.05. The summed E-state index contributed by atoms with van der Waals surface area (Å²) in [5.41, 5.74) is 1.06. The number of carboxylic acid groups (broad SMARTS) is 1. The fraction of sp³-hybridized carbons (Fsp3) is 0.438. The van der Waals surface area contributed by atoms with Crippen LogP contribution in [0.1, 0.15) is 37.0 Å². The number of carboxylic acids is 1. The van der Waals surface area contributed by atoms with Gasteiger partial charge in [-0.25, -0.2) is 4.79 Å². The predicted octanol–water partition coefficient (Wildman–Crippen LogP) is 2.15. The van der Waals surface area contributed by atoms with Crippen molar-refractivity contribution in [2.24, 2.45) is 0 Å². The molecule has 126 valence electrons. The van der Waals surface area contributed by atoms with Gasteiger partial charge in [0.1, 0.15) is 0 Å². The van der Waals surface area contributed by atoms with Crippen LogP contribution >= 0.6 is 0 Å². The van der Waals surface area contributed by atoms with Gasteiger partial charge in [-0.3, -0.25) is 9.59 Å². The molecule has 3 amide bonds. The fourth-order valence-corrected chi connectivity index (χ4v) is 1.70. The molecule has 7 heteroatoms. The molecular formula is C16H23N3O4. The largest absolute Gasteiger partial charge is 0.481 e. The van der Waals surface area contributed by atoms with E-state index in [0.29, 0.717) is 11.3 Å². The molecule has 0 aliphatic carbocycles. The third kappa shape index (κ3) is 6.37. The zero-order chi connectivity index (χ0) is 17.4. The van der Waals surface area contributed by atoms with Gasteiger partial charge >= 0.3 is 12.0 Å². The van der Waals surface area contributed by atoms with Crippen molar-refractivity contribution in [3.63, 3.8) is 0 Å². The maximum absolute atomic E-state index is 11.9. The number of rotatable bonds is 7. The van der Waals surface area contributed by atoms with E-state index in [1.165, 1.54) is 11.9 Å². The number of carbonyl (C=O) groups excluding carboxylic acids is 2. The van der Waals surface area contributed by atoms with Gasteiger partial charge in [0.25, 0.3) is 5.91 Å². The Morgan fingerprint density at radius 1 is 1.22 bits per heavy atom. The average Bonchev–Trinajstić information content (AvgIpc) is 2.52. The lowest BCUT2D eigenvalue weighted by atomic mass is 10.1. The number of anilines is 1. The molecular weight excluding hydrogens is 298 g/mol. The van der Waals surface area contributed by atoms with Gasteiger partial charge in [0.2, 0.25) is 0 Å². The average molecular weight is 321 g/mol. The second-order valence-electron chi connectivity index (χ2n) is 5.36. The van der Waals surface area contributed by atoms with Crippen molar-refractivity contribution >= 4 is 23.6 Å². The van der Waals surface area contributed by atoms with Crippen LogP contribution in [0.3, 0.4) is 0 Å². The van der Waals surface area contributed by atoms with Crippen LogP contribution in [-0.4, -0.2) is 47.5 Å². The molecule has 0 heterocycles. The second kappa shape index (κ2) is 8.77. The van der Waals surface area contributed by atoms with Crippen molar-refractivity contribution in [1.82, 2.24) is 10.2 Å². The Morgan fingerprint density at radius 3 is 2.35 bits per heavy atom. The topological polar surface area (TPSA) is 98.7 Å². The van der Waals surface area contributed by atoms with E-state index in [-0.39, 0.29) is 24.9 Å². The maximum Gasteiger partial charge on any atom is 0.321 e. The van der Waals surface area contributed by atoms with Crippen molar-refractivity contribution in [2.45, 2.75) is 32.7 Å². The third-order valence-electron chi connectivity index (χ3n) is 3.40. The summed E-state index contributed by atoms with van der Waals surface area (Å²) in [4.78, 5) is 35.6. The Hall–Kier alpha value is -2.57. The molecule has 0 aromatic heterocycles. The summed E-state index contributed by atoms with van der Waals surface area (Å²) in [5, 5.41) is 14.1. The summed E-state index contributed by atoms with van der Waals surface area (Å²) in [7, 11) is 1.52. The van der Waals surface area contributed by atoms with Gasteiger partial charge in [-0.2, -0.15) is 0 Å². The number of carbonyl (C=O) groups is 3. The van der Waals surface area contributed by atoms with E-state index in [1.807, 2.05) is 13.8 Å². The Morgan fingerprint density at radius 2 is 1.83 bits per heavy atom. The number of urea groups is 1. The van der Waals surface area contributed by atoms with Gasteiger partial charge in [0.05, 0.1) is 6.42 Å². The first-order valence-corrected chi connectivity index (χ1v) is 7.48. The highest BCUT2D eigenvalue weighted by molar-refractivity contribution is 5.95. The zero-order valence-electron chi connectivity index (χ0n) is 13.6. The molecule has 1 atom stereocenters. The third-order valence-corrected chi connectivity index (χ3v) is 3.40. The molecule has 1 rings (SSSR count). The first-order chi connectivity index (χ1) is 10.8. The smallest absolute Gasteiger partial charge is 0.321 e. The van der Waals surface area contributed by atoms with E-state index in [4.69, 9.17) is 5.11 Å². The molecule has 7 nitrogen and oxygen atoms in total. The van der Waals surface area contributed by atoms with Crippen molar-refractivity contribution in [3.05, 3.63) is 29.8 Å².